The number of amides is 1. The van der Waals surface area contributed by atoms with Gasteiger partial charge in [-0.1, -0.05) is 0 Å². The monoisotopic (exact) mass is 227 g/mol. The van der Waals surface area contributed by atoms with E-state index in [0.29, 0.717) is 13.2 Å². The van der Waals surface area contributed by atoms with Crippen LogP contribution in [0.1, 0.15) is 18.5 Å². The van der Waals surface area contributed by atoms with Crippen LogP contribution in [0.5, 0.6) is 0 Å². The van der Waals surface area contributed by atoms with Gasteiger partial charge >= 0.3 is 0 Å². The Kier molecular flexibility index (Phi) is 5.52. The van der Waals surface area contributed by atoms with E-state index in [1.165, 1.54) is 0 Å². The maximum absolute atomic E-state index is 11.4. The van der Waals surface area contributed by atoms with Crippen LogP contribution in [-0.4, -0.2) is 43.0 Å². The highest BCUT2D eigenvalue weighted by atomic mass is 16.5. The van der Waals surface area contributed by atoms with Crippen molar-refractivity contribution in [3.05, 3.63) is 18.0 Å². The van der Waals surface area contributed by atoms with E-state index in [4.69, 9.17) is 9.47 Å². The van der Waals surface area contributed by atoms with Gasteiger partial charge in [0.25, 0.3) is 0 Å². The fraction of sp³-hybridized carbons (Fsp3) is 0.600. The number of aromatic nitrogens is 2. The van der Waals surface area contributed by atoms with Crippen LogP contribution in [-0.2, 0) is 14.3 Å². The maximum atomic E-state index is 11.4. The molecule has 0 saturated heterocycles. The summed E-state index contributed by atoms with van der Waals surface area (Å²) in [5.41, 5.74) is 0.935. The van der Waals surface area contributed by atoms with Crippen LogP contribution < -0.4 is 5.32 Å². The molecule has 0 aliphatic rings. The molecule has 0 aromatic carbocycles. The Morgan fingerprint density at radius 3 is 3.06 bits per heavy atom. The van der Waals surface area contributed by atoms with Crippen LogP contribution in [0.2, 0.25) is 0 Å². The standard InChI is InChI=1S/C10H17N3O3/c1-8(9-5-11-12-6-9)13-10(14)7-16-4-3-15-2/h5-6,8H,3-4,7H2,1-2H3,(H,11,12)(H,13,14). The summed E-state index contributed by atoms with van der Waals surface area (Å²) in [7, 11) is 1.59. The van der Waals surface area contributed by atoms with Gasteiger partial charge in [0.1, 0.15) is 6.61 Å². The molecule has 6 nitrogen and oxygen atoms in total. The number of carbonyl (C=O) groups is 1. The Morgan fingerprint density at radius 1 is 1.62 bits per heavy atom. The molecule has 16 heavy (non-hydrogen) atoms. The molecule has 1 rings (SSSR count). The van der Waals surface area contributed by atoms with Crippen LogP contribution in [0.25, 0.3) is 0 Å². The predicted octanol–water partition coefficient (Wildman–Crippen LogP) is 0.250. The molecule has 1 aromatic heterocycles. The first-order valence-corrected chi connectivity index (χ1v) is 5.08. The summed E-state index contributed by atoms with van der Waals surface area (Å²) in [6.07, 6.45) is 3.42. The van der Waals surface area contributed by atoms with E-state index >= 15 is 0 Å². The second-order valence-corrected chi connectivity index (χ2v) is 3.37. The Hall–Kier alpha value is -1.40. The molecule has 0 spiro atoms. The lowest BCUT2D eigenvalue weighted by molar-refractivity contribution is -0.126. The molecule has 0 aliphatic heterocycles. The number of ether oxygens (including phenoxy) is 2. The van der Waals surface area contributed by atoms with E-state index in [9.17, 15) is 4.79 Å². The van der Waals surface area contributed by atoms with Gasteiger partial charge in [-0.2, -0.15) is 5.10 Å². The Balaban J connectivity index is 2.19. The van der Waals surface area contributed by atoms with Crippen molar-refractivity contribution in [2.75, 3.05) is 26.9 Å². The topological polar surface area (TPSA) is 76.2 Å². The molecule has 90 valence electrons. The fourth-order valence-electron chi connectivity index (χ4n) is 1.17. The number of aromatic amines is 1. The van der Waals surface area contributed by atoms with Crippen LogP contribution in [0.3, 0.4) is 0 Å². The van der Waals surface area contributed by atoms with Crippen molar-refractivity contribution in [3.8, 4) is 0 Å². The number of hydrogen-bond donors (Lipinski definition) is 2. The summed E-state index contributed by atoms with van der Waals surface area (Å²) in [6.45, 7) is 2.85. The van der Waals surface area contributed by atoms with Crippen molar-refractivity contribution in [1.29, 1.82) is 0 Å². The van der Waals surface area contributed by atoms with E-state index in [0.717, 1.165) is 5.56 Å². The van der Waals surface area contributed by atoms with Crippen molar-refractivity contribution >= 4 is 5.91 Å². The van der Waals surface area contributed by atoms with E-state index in [1.807, 2.05) is 6.92 Å². The zero-order valence-corrected chi connectivity index (χ0v) is 9.53. The Labute approximate surface area is 94.3 Å². The average molecular weight is 227 g/mol. The van der Waals surface area contributed by atoms with Gasteiger partial charge in [-0.15, -0.1) is 0 Å². The first-order chi connectivity index (χ1) is 7.74. The van der Waals surface area contributed by atoms with Crippen LogP contribution in [0, 0.1) is 0 Å². The first-order valence-electron chi connectivity index (χ1n) is 5.08. The number of nitrogens with one attached hydrogen (secondary N) is 2. The van der Waals surface area contributed by atoms with Crippen molar-refractivity contribution in [1.82, 2.24) is 15.5 Å². The largest absolute Gasteiger partial charge is 0.382 e. The minimum absolute atomic E-state index is 0.0472. The van der Waals surface area contributed by atoms with Gasteiger partial charge in [0.2, 0.25) is 5.91 Å². The highest BCUT2D eigenvalue weighted by Crippen LogP contribution is 2.08. The van der Waals surface area contributed by atoms with Crippen molar-refractivity contribution in [2.24, 2.45) is 0 Å². The minimum atomic E-state index is -0.148. The van der Waals surface area contributed by atoms with Gasteiger partial charge in [-0.3, -0.25) is 9.89 Å². The number of rotatable bonds is 7. The zero-order valence-electron chi connectivity index (χ0n) is 9.53. The van der Waals surface area contributed by atoms with Crippen LogP contribution >= 0.6 is 0 Å². The summed E-state index contributed by atoms with van der Waals surface area (Å²) >= 11 is 0. The third-order valence-corrected chi connectivity index (χ3v) is 2.06. The molecule has 1 amide bonds. The molecule has 0 radical (unpaired) electrons. The van der Waals surface area contributed by atoms with Gasteiger partial charge < -0.3 is 14.8 Å². The highest BCUT2D eigenvalue weighted by Gasteiger charge is 2.09. The highest BCUT2D eigenvalue weighted by molar-refractivity contribution is 5.77. The SMILES string of the molecule is COCCOCC(=O)NC(C)c1cn[nH]c1. The summed E-state index contributed by atoms with van der Waals surface area (Å²) in [5, 5.41) is 9.30. The van der Waals surface area contributed by atoms with Gasteiger partial charge in [-0.25, -0.2) is 0 Å². The van der Waals surface area contributed by atoms with E-state index in [1.54, 1.807) is 19.5 Å². The molecule has 1 heterocycles. The molecule has 1 aromatic rings. The number of carbonyl (C=O) groups excluding carboxylic acids is 1. The van der Waals surface area contributed by atoms with E-state index < -0.39 is 0 Å². The quantitative estimate of drug-likeness (QED) is 0.655. The zero-order chi connectivity index (χ0) is 11.8. The lowest BCUT2D eigenvalue weighted by atomic mass is 10.2. The molecule has 0 fully saturated rings. The van der Waals surface area contributed by atoms with Crippen LogP contribution in [0.15, 0.2) is 12.4 Å². The minimum Gasteiger partial charge on any atom is -0.382 e. The summed E-state index contributed by atoms with van der Waals surface area (Å²) in [5.74, 6) is -0.148. The summed E-state index contributed by atoms with van der Waals surface area (Å²) in [4.78, 5) is 11.4. The molecule has 0 saturated carbocycles. The van der Waals surface area contributed by atoms with Gasteiger partial charge in [0.05, 0.1) is 25.5 Å². The molecular weight excluding hydrogens is 210 g/mol. The Bertz CT molecular complexity index is 300. The Morgan fingerprint density at radius 2 is 2.44 bits per heavy atom. The van der Waals surface area contributed by atoms with Gasteiger partial charge in [0, 0.05) is 18.9 Å². The van der Waals surface area contributed by atoms with Crippen LogP contribution in [0.4, 0.5) is 0 Å². The lowest BCUT2D eigenvalue weighted by Crippen LogP contribution is -2.30. The normalized spacial score (nSPS) is 12.4. The van der Waals surface area contributed by atoms with Gasteiger partial charge in [-0.05, 0) is 6.92 Å². The first kappa shape index (κ1) is 12.7. The maximum Gasteiger partial charge on any atom is 0.246 e. The average Bonchev–Trinajstić information content (AvgIpc) is 2.77. The lowest BCUT2D eigenvalue weighted by Gasteiger charge is -2.11. The molecule has 1 atom stereocenters. The predicted molar refractivity (Wildman–Crippen MR) is 57.8 cm³/mol. The molecule has 0 aliphatic carbocycles. The molecular formula is C10H17N3O3. The fourth-order valence-corrected chi connectivity index (χ4v) is 1.17. The summed E-state index contributed by atoms with van der Waals surface area (Å²) in [6, 6.07) is -0.0720. The molecule has 2 N–H and O–H groups in total. The van der Waals surface area contributed by atoms with Gasteiger partial charge in [0.15, 0.2) is 0 Å². The van der Waals surface area contributed by atoms with Crippen molar-refractivity contribution in [2.45, 2.75) is 13.0 Å². The van der Waals surface area contributed by atoms with E-state index in [-0.39, 0.29) is 18.6 Å². The molecule has 6 heteroatoms. The van der Waals surface area contributed by atoms with E-state index in [2.05, 4.69) is 15.5 Å². The summed E-state index contributed by atoms with van der Waals surface area (Å²) < 4.78 is 9.89. The third-order valence-electron chi connectivity index (χ3n) is 2.06. The third kappa shape index (κ3) is 4.41. The number of hydrogen-bond acceptors (Lipinski definition) is 4. The van der Waals surface area contributed by atoms with Crippen molar-refractivity contribution < 1.29 is 14.3 Å². The molecule has 0 bridgehead atoms. The number of nitrogens with zero attached hydrogens (tertiary/aromatic N) is 1. The molecule has 1 unspecified atom stereocenters. The smallest absolute Gasteiger partial charge is 0.246 e. The van der Waals surface area contributed by atoms with Crippen molar-refractivity contribution in [3.63, 3.8) is 0 Å². The second-order valence-electron chi connectivity index (χ2n) is 3.37. The number of methoxy groups -OCH3 is 1. The second kappa shape index (κ2) is 6.97. The number of H-pyrrole nitrogens is 1.